The number of hydrogen-bond acceptors (Lipinski definition) is 1. The molecule has 1 heterocycles. The Hall–Kier alpha value is -2.74. The fraction of sp³-hybridized carbons (Fsp3) is 0.143. The lowest BCUT2D eigenvalue weighted by molar-refractivity contribution is 0.663. The SMILES string of the molecule is CC1(C)c2ccccc2-c2ccc3c4ccccc4n(N)c3c21. The minimum absolute atomic E-state index is 0.0447. The van der Waals surface area contributed by atoms with Gasteiger partial charge in [0.15, 0.2) is 0 Å². The Morgan fingerprint density at radius 2 is 1.52 bits per heavy atom. The maximum absolute atomic E-state index is 6.52. The lowest BCUT2D eigenvalue weighted by Gasteiger charge is -2.22. The van der Waals surface area contributed by atoms with Gasteiger partial charge in [-0.25, -0.2) is 0 Å². The first-order valence-electron chi connectivity index (χ1n) is 8.02. The minimum atomic E-state index is -0.0447. The highest BCUT2D eigenvalue weighted by molar-refractivity contribution is 6.12. The van der Waals surface area contributed by atoms with E-state index >= 15 is 0 Å². The Bertz CT molecular complexity index is 1100. The molecular weight excluding hydrogens is 280 g/mol. The summed E-state index contributed by atoms with van der Waals surface area (Å²) in [6, 6.07) is 21.6. The molecular formula is C21H18N2. The van der Waals surface area contributed by atoms with Gasteiger partial charge in [0.05, 0.1) is 11.0 Å². The van der Waals surface area contributed by atoms with E-state index in [0.717, 1.165) is 11.0 Å². The zero-order valence-electron chi connectivity index (χ0n) is 13.3. The van der Waals surface area contributed by atoms with Crippen LogP contribution in [0.4, 0.5) is 0 Å². The number of nitrogens with two attached hydrogens (primary N) is 1. The van der Waals surface area contributed by atoms with Crippen LogP contribution in [-0.2, 0) is 5.41 Å². The van der Waals surface area contributed by atoms with E-state index in [4.69, 9.17) is 5.84 Å². The molecule has 23 heavy (non-hydrogen) atoms. The molecule has 5 rings (SSSR count). The van der Waals surface area contributed by atoms with Crippen molar-refractivity contribution in [3.05, 3.63) is 71.8 Å². The number of aromatic nitrogens is 1. The molecule has 0 unspecified atom stereocenters. The zero-order valence-corrected chi connectivity index (χ0v) is 13.3. The molecule has 3 aromatic carbocycles. The maximum atomic E-state index is 6.52. The lowest BCUT2D eigenvalue weighted by Crippen LogP contribution is -2.18. The van der Waals surface area contributed by atoms with Gasteiger partial charge in [-0.1, -0.05) is 68.4 Å². The van der Waals surface area contributed by atoms with E-state index in [1.807, 2.05) is 10.7 Å². The highest BCUT2D eigenvalue weighted by Gasteiger charge is 2.37. The average Bonchev–Trinajstić information content (AvgIpc) is 2.99. The predicted octanol–water partition coefficient (Wildman–Crippen LogP) is 4.81. The summed E-state index contributed by atoms with van der Waals surface area (Å²) in [5.74, 6) is 6.52. The van der Waals surface area contributed by atoms with E-state index in [-0.39, 0.29) is 5.41 Å². The fourth-order valence-electron chi connectivity index (χ4n) is 4.35. The topological polar surface area (TPSA) is 30.9 Å². The summed E-state index contributed by atoms with van der Waals surface area (Å²) in [5, 5.41) is 2.46. The summed E-state index contributed by atoms with van der Waals surface area (Å²) in [6.07, 6.45) is 0. The summed E-state index contributed by atoms with van der Waals surface area (Å²) >= 11 is 0. The summed E-state index contributed by atoms with van der Waals surface area (Å²) in [6.45, 7) is 4.60. The number of nitrogen functional groups attached to an aromatic ring is 1. The zero-order chi connectivity index (χ0) is 15.8. The van der Waals surface area contributed by atoms with Crippen molar-refractivity contribution in [3.8, 4) is 11.1 Å². The molecule has 0 amide bonds. The Balaban J connectivity index is 2.04. The molecule has 0 atom stereocenters. The van der Waals surface area contributed by atoms with Crippen LogP contribution in [-0.4, -0.2) is 4.68 Å². The van der Waals surface area contributed by atoms with Gasteiger partial charge in [-0.3, -0.25) is 4.68 Å². The molecule has 0 fully saturated rings. The summed E-state index contributed by atoms with van der Waals surface area (Å²) in [5.41, 5.74) is 7.57. The van der Waals surface area contributed by atoms with Crippen LogP contribution >= 0.6 is 0 Å². The van der Waals surface area contributed by atoms with Gasteiger partial charge >= 0.3 is 0 Å². The first-order chi connectivity index (χ1) is 11.1. The molecule has 0 saturated carbocycles. The molecule has 1 aromatic heterocycles. The first kappa shape index (κ1) is 12.8. The molecule has 2 heteroatoms. The maximum Gasteiger partial charge on any atom is 0.0750 e. The predicted molar refractivity (Wildman–Crippen MR) is 97.2 cm³/mol. The monoisotopic (exact) mass is 298 g/mol. The molecule has 0 radical (unpaired) electrons. The highest BCUT2D eigenvalue weighted by atomic mass is 15.3. The van der Waals surface area contributed by atoms with Crippen molar-refractivity contribution in [3.63, 3.8) is 0 Å². The van der Waals surface area contributed by atoms with Crippen LogP contribution in [0, 0.1) is 0 Å². The van der Waals surface area contributed by atoms with Crippen molar-refractivity contribution >= 4 is 21.8 Å². The van der Waals surface area contributed by atoms with Crippen LogP contribution in [0.25, 0.3) is 32.9 Å². The van der Waals surface area contributed by atoms with Gasteiger partial charge in [0, 0.05) is 16.2 Å². The molecule has 112 valence electrons. The van der Waals surface area contributed by atoms with Crippen LogP contribution in [0.5, 0.6) is 0 Å². The molecule has 2 nitrogen and oxygen atoms in total. The van der Waals surface area contributed by atoms with Crippen molar-refractivity contribution in [2.45, 2.75) is 19.3 Å². The first-order valence-corrected chi connectivity index (χ1v) is 8.02. The number of nitrogens with zero attached hydrogens (tertiary/aromatic N) is 1. The van der Waals surface area contributed by atoms with Crippen LogP contribution in [0.15, 0.2) is 60.7 Å². The molecule has 4 aromatic rings. The quantitative estimate of drug-likeness (QED) is 0.464. The van der Waals surface area contributed by atoms with Crippen molar-refractivity contribution < 1.29 is 0 Å². The second-order valence-corrected chi connectivity index (χ2v) is 6.94. The van der Waals surface area contributed by atoms with Gasteiger partial charge < -0.3 is 5.84 Å². The summed E-state index contributed by atoms with van der Waals surface area (Å²) < 4.78 is 1.87. The van der Waals surface area contributed by atoms with Crippen molar-refractivity contribution in [2.75, 3.05) is 5.84 Å². The van der Waals surface area contributed by atoms with E-state index in [9.17, 15) is 0 Å². The number of para-hydroxylation sites is 1. The number of rotatable bonds is 0. The van der Waals surface area contributed by atoms with Crippen molar-refractivity contribution in [1.29, 1.82) is 0 Å². The second-order valence-electron chi connectivity index (χ2n) is 6.94. The van der Waals surface area contributed by atoms with E-state index < -0.39 is 0 Å². The van der Waals surface area contributed by atoms with Crippen LogP contribution in [0.1, 0.15) is 25.0 Å². The van der Waals surface area contributed by atoms with Crippen LogP contribution < -0.4 is 5.84 Å². The second kappa shape index (κ2) is 3.96. The third kappa shape index (κ3) is 1.39. The van der Waals surface area contributed by atoms with E-state index in [2.05, 4.69) is 68.4 Å². The highest BCUT2D eigenvalue weighted by Crippen LogP contribution is 2.51. The number of benzene rings is 3. The molecule has 2 N–H and O–H groups in total. The number of fused-ring (bicyclic) bond motifs is 7. The molecule has 0 saturated heterocycles. The van der Waals surface area contributed by atoms with Gasteiger partial charge in [0.25, 0.3) is 0 Å². The lowest BCUT2D eigenvalue weighted by atomic mass is 9.81. The van der Waals surface area contributed by atoms with Gasteiger partial charge in [-0.15, -0.1) is 0 Å². The molecule has 1 aliphatic carbocycles. The average molecular weight is 298 g/mol. The Kier molecular flexibility index (Phi) is 2.20. The van der Waals surface area contributed by atoms with Crippen LogP contribution in [0.2, 0.25) is 0 Å². The third-order valence-electron chi connectivity index (χ3n) is 5.39. The number of hydrogen-bond donors (Lipinski definition) is 1. The summed E-state index contributed by atoms with van der Waals surface area (Å²) in [7, 11) is 0. The van der Waals surface area contributed by atoms with E-state index in [1.54, 1.807) is 0 Å². The molecule has 0 aliphatic heterocycles. The van der Waals surface area contributed by atoms with Gasteiger partial charge in [-0.2, -0.15) is 0 Å². The van der Waals surface area contributed by atoms with Crippen LogP contribution in [0.3, 0.4) is 0 Å². The van der Waals surface area contributed by atoms with Gasteiger partial charge in [0.2, 0.25) is 0 Å². The van der Waals surface area contributed by atoms with E-state index in [0.29, 0.717) is 0 Å². The fourth-order valence-corrected chi connectivity index (χ4v) is 4.35. The Morgan fingerprint density at radius 1 is 0.783 bits per heavy atom. The Labute approximate surface area is 135 Å². The smallest absolute Gasteiger partial charge is 0.0750 e. The minimum Gasteiger partial charge on any atom is -0.339 e. The molecule has 0 bridgehead atoms. The largest absolute Gasteiger partial charge is 0.339 e. The standard InChI is InChI=1S/C21H18N2/c1-21(2)17-9-5-3-7-13(17)15-11-12-16-14-8-4-6-10-18(14)23(22)20(16)19(15)21/h3-12H,22H2,1-2H3. The summed E-state index contributed by atoms with van der Waals surface area (Å²) in [4.78, 5) is 0. The van der Waals surface area contributed by atoms with E-state index in [1.165, 1.54) is 33.0 Å². The van der Waals surface area contributed by atoms with Gasteiger partial charge in [0.1, 0.15) is 0 Å². The van der Waals surface area contributed by atoms with Crippen molar-refractivity contribution in [2.24, 2.45) is 0 Å². The van der Waals surface area contributed by atoms with Crippen molar-refractivity contribution in [1.82, 2.24) is 4.68 Å². The molecule has 0 spiro atoms. The normalized spacial score (nSPS) is 15.0. The van der Waals surface area contributed by atoms with Gasteiger partial charge in [-0.05, 0) is 28.3 Å². The Morgan fingerprint density at radius 3 is 2.39 bits per heavy atom. The third-order valence-corrected chi connectivity index (χ3v) is 5.39. The molecule has 1 aliphatic rings.